The highest BCUT2D eigenvalue weighted by atomic mass is 32.1. The molecule has 1 heterocycles. The largest absolute Gasteiger partial charge is 0.322 e. The van der Waals surface area contributed by atoms with E-state index in [1.54, 1.807) is 11.3 Å². The van der Waals surface area contributed by atoms with E-state index >= 15 is 0 Å². The highest BCUT2D eigenvalue weighted by molar-refractivity contribution is 7.11. The van der Waals surface area contributed by atoms with E-state index in [1.165, 1.54) is 16.7 Å². The number of hydrogen-bond donors (Lipinski definition) is 1. The third-order valence-corrected chi connectivity index (χ3v) is 3.84. The van der Waals surface area contributed by atoms with Crippen LogP contribution in [0.4, 0.5) is 0 Å². The standard InChI is InChI=1S/C13H17N3S/c1-8-4-5-9(2)11(6-8)7-12-15-16-13(17-12)10(3)14/h4-6,10H,7,14H2,1-3H3. The first kappa shape index (κ1) is 12.2. The molecule has 0 spiro atoms. The normalized spacial score (nSPS) is 12.7. The first-order chi connectivity index (χ1) is 8.06. The van der Waals surface area contributed by atoms with Gasteiger partial charge in [-0.25, -0.2) is 0 Å². The fraction of sp³-hybridized carbons (Fsp3) is 0.385. The Hall–Kier alpha value is -1.26. The molecule has 1 aromatic carbocycles. The predicted molar refractivity (Wildman–Crippen MR) is 71.2 cm³/mol. The first-order valence-electron chi connectivity index (χ1n) is 5.70. The Kier molecular flexibility index (Phi) is 3.54. The van der Waals surface area contributed by atoms with Crippen LogP contribution < -0.4 is 5.73 Å². The second kappa shape index (κ2) is 4.94. The highest BCUT2D eigenvalue weighted by Gasteiger charge is 2.09. The lowest BCUT2D eigenvalue weighted by Gasteiger charge is -2.04. The number of aryl methyl sites for hydroxylation is 2. The van der Waals surface area contributed by atoms with E-state index in [9.17, 15) is 0 Å². The van der Waals surface area contributed by atoms with E-state index in [1.807, 2.05) is 6.92 Å². The zero-order valence-corrected chi connectivity index (χ0v) is 11.2. The van der Waals surface area contributed by atoms with Crippen LogP contribution in [0.15, 0.2) is 18.2 Å². The van der Waals surface area contributed by atoms with Gasteiger partial charge in [-0.3, -0.25) is 0 Å². The third kappa shape index (κ3) is 2.90. The Bertz CT molecular complexity index is 517. The topological polar surface area (TPSA) is 51.8 Å². The van der Waals surface area contributed by atoms with Crippen molar-refractivity contribution in [3.8, 4) is 0 Å². The average molecular weight is 247 g/mol. The molecule has 17 heavy (non-hydrogen) atoms. The van der Waals surface area contributed by atoms with Crippen molar-refractivity contribution in [2.45, 2.75) is 33.2 Å². The summed E-state index contributed by atoms with van der Waals surface area (Å²) in [4.78, 5) is 0. The molecule has 1 unspecified atom stereocenters. The molecule has 1 aromatic heterocycles. The van der Waals surface area contributed by atoms with Crippen LogP contribution in [0.5, 0.6) is 0 Å². The minimum Gasteiger partial charge on any atom is -0.322 e. The molecule has 0 amide bonds. The molecule has 90 valence electrons. The van der Waals surface area contributed by atoms with Crippen molar-refractivity contribution in [2.75, 3.05) is 0 Å². The van der Waals surface area contributed by atoms with Crippen LogP contribution in [0.3, 0.4) is 0 Å². The van der Waals surface area contributed by atoms with Crippen molar-refractivity contribution < 1.29 is 0 Å². The van der Waals surface area contributed by atoms with Crippen molar-refractivity contribution in [3.63, 3.8) is 0 Å². The van der Waals surface area contributed by atoms with Gasteiger partial charge in [0.1, 0.15) is 10.0 Å². The molecule has 0 radical (unpaired) electrons. The molecule has 0 saturated carbocycles. The van der Waals surface area contributed by atoms with E-state index in [2.05, 4.69) is 42.2 Å². The van der Waals surface area contributed by atoms with Gasteiger partial charge in [-0.2, -0.15) is 0 Å². The van der Waals surface area contributed by atoms with Gasteiger partial charge in [-0.05, 0) is 31.9 Å². The van der Waals surface area contributed by atoms with Gasteiger partial charge in [0.15, 0.2) is 0 Å². The molecule has 4 heteroatoms. The van der Waals surface area contributed by atoms with Crippen molar-refractivity contribution in [3.05, 3.63) is 44.9 Å². The number of benzene rings is 1. The smallest absolute Gasteiger partial charge is 0.133 e. The van der Waals surface area contributed by atoms with Gasteiger partial charge >= 0.3 is 0 Å². The maximum absolute atomic E-state index is 5.78. The van der Waals surface area contributed by atoms with E-state index < -0.39 is 0 Å². The van der Waals surface area contributed by atoms with Crippen LogP contribution in [0.1, 0.15) is 39.7 Å². The monoisotopic (exact) mass is 247 g/mol. The lowest BCUT2D eigenvalue weighted by atomic mass is 10.0. The van der Waals surface area contributed by atoms with Crippen LogP contribution in [0.25, 0.3) is 0 Å². The third-order valence-electron chi connectivity index (χ3n) is 2.72. The fourth-order valence-electron chi connectivity index (χ4n) is 1.68. The second-order valence-electron chi connectivity index (χ2n) is 4.43. The van der Waals surface area contributed by atoms with E-state index in [0.29, 0.717) is 0 Å². The summed E-state index contributed by atoms with van der Waals surface area (Å²) in [6.45, 7) is 6.17. The molecule has 0 fully saturated rings. The minimum absolute atomic E-state index is 0.0279. The van der Waals surface area contributed by atoms with Crippen molar-refractivity contribution in [1.82, 2.24) is 10.2 Å². The molecule has 0 saturated heterocycles. The summed E-state index contributed by atoms with van der Waals surface area (Å²) in [5, 5.41) is 10.2. The molecular formula is C13H17N3S. The van der Waals surface area contributed by atoms with Gasteiger partial charge in [0.25, 0.3) is 0 Å². The zero-order chi connectivity index (χ0) is 12.4. The maximum Gasteiger partial charge on any atom is 0.133 e. The molecule has 0 aliphatic rings. The maximum atomic E-state index is 5.78. The van der Waals surface area contributed by atoms with Crippen LogP contribution in [0, 0.1) is 13.8 Å². The molecule has 0 bridgehead atoms. The van der Waals surface area contributed by atoms with E-state index in [4.69, 9.17) is 5.73 Å². The molecule has 0 aliphatic heterocycles. The Morgan fingerprint density at radius 2 is 2.06 bits per heavy atom. The summed E-state index contributed by atoms with van der Waals surface area (Å²) in [5.74, 6) is 0. The summed E-state index contributed by atoms with van der Waals surface area (Å²) in [6, 6.07) is 6.46. The summed E-state index contributed by atoms with van der Waals surface area (Å²) in [7, 11) is 0. The molecule has 2 N–H and O–H groups in total. The quantitative estimate of drug-likeness (QED) is 0.907. The van der Waals surface area contributed by atoms with Crippen LogP contribution in [-0.2, 0) is 6.42 Å². The highest BCUT2D eigenvalue weighted by Crippen LogP contribution is 2.20. The molecule has 2 rings (SSSR count). The van der Waals surface area contributed by atoms with Crippen molar-refractivity contribution in [2.24, 2.45) is 5.73 Å². The van der Waals surface area contributed by atoms with E-state index in [-0.39, 0.29) is 6.04 Å². The minimum atomic E-state index is -0.0279. The fourth-order valence-corrected chi connectivity index (χ4v) is 2.49. The number of nitrogens with two attached hydrogens (primary N) is 1. The average Bonchev–Trinajstić information content (AvgIpc) is 2.72. The Labute approximate surface area is 106 Å². The Morgan fingerprint density at radius 3 is 2.71 bits per heavy atom. The van der Waals surface area contributed by atoms with Gasteiger partial charge in [0.05, 0.1) is 6.04 Å². The van der Waals surface area contributed by atoms with Crippen LogP contribution in [-0.4, -0.2) is 10.2 Å². The summed E-state index contributed by atoms with van der Waals surface area (Å²) in [5.41, 5.74) is 9.68. The van der Waals surface area contributed by atoms with Gasteiger partial charge in [-0.1, -0.05) is 35.1 Å². The first-order valence-corrected chi connectivity index (χ1v) is 6.52. The predicted octanol–water partition coefficient (Wildman–Crippen LogP) is 2.77. The number of nitrogens with zero attached hydrogens (tertiary/aromatic N) is 2. The Morgan fingerprint density at radius 1 is 1.29 bits per heavy atom. The van der Waals surface area contributed by atoms with Gasteiger partial charge in [-0.15, -0.1) is 10.2 Å². The van der Waals surface area contributed by atoms with Gasteiger partial charge in [0, 0.05) is 6.42 Å². The molecule has 3 nitrogen and oxygen atoms in total. The lowest BCUT2D eigenvalue weighted by molar-refractivity contribution is 0.782. The van der Waals surface area contributed by atoms with Crippen LogP contribution >= 0.6 is 11.3 Å². The molecular weight excluding hydrogens is 230 g/mol. The van der Waals surface area contributed by atoms with Gasteiger partial charge < -0.3 is 5.73 Å². The second-order valence-corrected chi connectivity index (χ2v) is 5.52. The number of aromatic nitrogens is 2. The molecule has 1 atom stereocenters. The lowest BCUT2D eigenvalue weighted by Crippen LogP contribution is -2.03. The van der Waals surface area contributed by atoms with E-state index in [0.717, 1.165) is 16.4 Å². The zero-order valence-electron chi connectivity index (χ0n) is 10.4. The van der Waals surface area contributed by atoms with Crippen molar-refractivity contribution in [1.29, 1.82) is 0 Å². The number of rotatable bonds is 3. The summed E-state index contributed by atoms with van der Waals surface area (Å²) < 4.78 is 0. The van der Waals surface area contributed by atoms with Crippen LogP contribution in [0.2, 0.25) is 0 Å². The van der Waals surface area contributed by atoms with Crippen molar-refractivity contribution >= 4 is 11.3 Å². The van der Waals surface area contributed by atoms with Gasteiger partial charge in [0.2, 0.25) is 0 Å². The molecule has 0 aliphatic carbocycles. The Balaban J connectivity index is 2.22. The number of hydrogen-bond acceptors (Lipinski definition) is 4. The molecule has 2 aromatic rings. The summed E-state index contributed by atoms with van der Waals surface area (Å²) in [6.07, 6.45) is 0.845. The SMILES string of the molecule is Cc1ccc(C)c(Cc2nnc(C(C)N)s2)c1. The summed E-state index contributed by atoms with van der Waals surface area (Å²) >= 11 is 1.60.